The van der Waals surface area contributed by atoms with Crippen molar-refractivity contribution in [1.29, 1.82) is 0 Å². The Morgan fingerprint density at radius 2 is 1.47 bits per heavy atom. The van der Waals surface area contributed by atoms with Gasteiger partial charge in [0.05, 0.1) is 0 Å². The fourth-order valence-corrected chi connectivity index (χ4v) is 6.65. The van der Waals surface area contributed by atoms with E-state index in [9.17, 15) is 9.59 Å². The van der Waals surface area contributed by atoms with Gasteiger partial charge in [-0.3, -0.25) is 9.59 Å². The monoisotopic (exact) mass is 418 g/mol. The standard InChI is InChI=1S/C27H27ClO2/c1-4-15-5-6-17(16-7-9-18(28)10-8-16)13-21(15)25-26(29)23-19-11-12-20(22(19)14(2)3)24(23)27(25)30/h5-10,13,19-20,23-25H,4,11-12H2,1-3H3/t19-,20+,23?,24?,25?. The number of rotatable bonds is 3. The van der Waals surface area contributed by atoms with E-state index in [4.69, 9.17) is 11.6 Å². The molecule has 2 bridgehead atoms. The van der Waals surface area contributed by atoms with E-state index in [-0.39, 0.29) is 35.2 Å². The molecule has 0 saturated heterocycles. The van der Waals surface area contributed by atoms with Crippen molar-refractivity contribution < 1.29 is 9.59 Å². The molecule has 0 N–H and O–H groups in total. The van der Waals surface area contributed by atoms with Crippen LogP contribution in [0, 0.1) is 23.7 Å². The molecule has 2 aromatic carbocycles. The highest BCUT2D eigenvalue weighted by atomic mass is 35.5. The van der Waals surface area contributed by atoms with Crippen molar-refractivity contribution in [2.45, 2.75) is 46.0 Å². The number of hydrogen-bond acceptors (Lipinski definition) is 2. The highest BCUT2D eigenvalue weighted by molar-refractivity contribution is 6.30. The molecule has 3 aliphatic rings. The topological polar surface area (TPSA) is 34.1 Å². The van der Waals surface area contributed by atoms with Crippen LogP contribution < -0.4 is 0 Å². The van der Waals surface area contributed by atoms with Gasteiger partial charge in [0.25, 0.3) is 0 Å². The van der Waals surface area contributed by atoms with E-state index in [1.165, 1.54) is 11.1 Å². The average Bonchev–Trinajstić information content (AvgIpc) is 3.38. The summed E-state index contributed by atoms with van der Waals surface area (Å²) in [6.07, 6.45) is 2.93. The summed E-state index contributed by atoms with van der Waals surface area (Å²) in [7, 11) is 0. The van der Waals surface area contributed by atoms with Crippen LogP contribution in [-0.4, -0.2) is 11.6 Å². The van der Waals surface area contributed by atoms with E-state index < -0.39 is 5.92 Å². The summed E-state index contributed by atoms with van der Waals surface area (Å²) in [5, 5.41) is 0.698. The predicted molar refractivity (Wildman–Crippen MR) is 121 cm³/mol. The minimum atomic E-state index is -0.594. The number of hydrogen-bond donors (Lipinski definition) is 0. The third-order valence-electron chi connectivity index (χ3n) is 7.66. The number of carbonyl (C=O) groups is 2. The zero-order chi connectivity index (χ0) is 21.2. The fraction of sp³-hybridized carbons (Fsp3) is 0.407. The molecule has 30 heavy (non-hydrogen) atoms. The average molecular weight is 419 g/mol. The lowest BCUT2D eigenvalue weighted by molar-refractivity contribution is -0.125. The van der Waals surface area contributed by atoms with Gasteiger partial charge in [-0.2, -0.15) is 0 Å². The molecule has 0 radical (unpaired) electrons. The molecular weight excluding hydrogens is 392 g/mol. The Hall–Kier alpha value is -2.19. The Kier molecular flexibility index (Phi) is 4.74. The molecule has 2 aromatic rings. The molecule has 5 rings (SSSR count). The fourth-order valence-electron chi connectivity index (χ4n) is 6.52. The van der Waals surface area contributed by atoms with Crippen molar-refractivity contribution in [3.8, 4) is 11.1 Å². The maximum Gasteiger partial charge on any atom is 0.152 e. The van der Waals surface area contributed by atoms with E-state index in [1.54, 1.807) is 0 Å². The molecular formula is C27H27ClO2. The Bertz CT molecular complexity index is 1040. The maximum atomic E-state index is 13.7. The van der Waals surface area contributed by atoms with Gasteiger partial charge in [0, 0.05) is 16.9 Å². The van der Waals surface area contributed by atoms with Crippen molar-refractivity contribution in [3.63, 3.8) is 0 Å². The summed E-state index contributed by atoms with van der Waals surface area (Å²) in [6, 6.07) is 14.0. The van der Waals surface area contributed by atoms with Crippen LogP contribution in [0.25, 0.3) is 11.1 Å². The van der Waals surface area contributed by atoms with Gasteiger partial charge in [-0.15, -0.1) is 0 Å². The third-order valence-corrected chi connectivity index (χ3v) is 7.91. The van der Waals surface area contributed by atoms with Gasteiger partial charge in [-0.1, -0.05) is 53.9 Å². The van der Waals surface area contributed by atoms with E-state index in [2.05, 4.69) is 39.0 Å². The number of fused-ring (bicyclic) bond motifs is 5. The molecule has 0 amide bonds. The molecule has 5 atom stereocenters. The van der Waals surface area contributed by atoms with Crippen LogP contribution in [0.5, 0.6) is 0 Å². The maximum absolute atomic E-state index is 13.7. The van der Waals surface area contributed by atoms with Crippen molar-refractivity contribution in [2.75, 3.05) is 0 Å². The highest BCUT2D eigenvalue weighted by Gasteiger charge is 2.63. The lowest BCUT2D eigenvalue weighted by Gasteiger charge is -2.20. The molecule has 0 heterocycles. The number of allylic oxidation sites excluding steroid dienone is 2. The summed E-state index contributed by atoms with van der Waals surface area (Å²) in [4.78, 5) is 27.3. The van der Waals surface area contributed by atoms with E-state index in [0.717, 1.165) is 41.5 Å². The second kappa shape index (κ2) is 7.20. The van der Waals surface area contributed by atoms with Gasteiger partial charge in [0.15, 0.2) is 11.6 Å². The Labute approximate surface area is 183 Å². The van der Waals surface area contributed by atoms with E-state index in [1.807, 2.05) is 24.3 Å². The number of halogens is 1. The van der Waals surface area contributed by atoms with Crippen LogP contribution in [0.4, 0.5) is 0 Å². The second-order valence-electron chi connectivity index (χ2n) is 9.31. The van der Waals surface area contributed by atoms with Gasteiger partial charge in [-0.25, -0.2) is 0 Å². The molecule has 0 spiro atoms. The summed E-state index contributed by atoms with van der Waals surface area (Å²) in [5.41, 5.74) is 6.84. The minimum absolute atomic E-state index is 0.102. The SMILES string of the molecule is CCc1ccc(-c2ccc(Cl)cc2)cc1C1C(=O)C2C(C1=O)[C@H]1CC[C@@H]2C1=C(C)C. The first kappa shape index (κ1) is 19.8. The van der Waals surface area contributed by atoms with Crippen LogP contribution in [0.3, 0.4) is 0 Å². The second-order valence-corrected chi connectivity index (χ2v) is 9.75. The quantitative estimate of drug-likeness (QED) is 0.426. The summed E-state index contributed by atoms with van der Waals surface area (Å²) in [5.74, 6) is 0.110. The third kappa shape index (κ3) is 2.76. The highest BCUT2D eigenvalue weighted by Crippen LogP contribution is 2.62. The predicted octanol–water partition coefficient (Wildman–Crippen LogP) is 6.41. The summed E-state index contributed by atoms with van der Waals surface area (Å²) in [6.45, 7) is 6.37. The summed E-state index contributed by atoms with van der Waals surface area (Å²) < 4.78 is 0. The lowest BCUT2D eigenvalue weighted by Crippen LogP contribution is -2.24. The van der Waals surface area contributed by atoms with Crippen LogP contribution >= 0.6 is 11.6 Å². The molecule has 3 unspecified atom stereocenters. The van der Waals surface area contributed by atoms with Gasteiger partial charge in [-0.05, 0) is 85.4 Å². The Morgan fingerprint density at radius 3 is 2.00 bits per heavy atom. The first-order valence-corrected chi connectivity index (χ1v) is 11.4. The van der Waals surface area contributed by atoms with Gasteiger partial charge >= 0.3 is 0 Å². The molecule has 3 aliphatic carbocycles. The van der Waals surface area contributed by atoms with E-state index >= 15 is 0 Å². The van der Waals surface area contributed by atoms with Crippen molar-refractivity contribution in [1.82, 2.24) is 0 Å². The molecule has 0 aliphatic heterocycles. The molecule has 3 heteroatoms. The van der Waals surface area contributed by atoms with Crippen molar-refractivity contribution >= 4 is 23.2 Å². The van der Waals surface area contributed by atoms with Crippen molar-refractivity contribution in [2.24, 2.45) is 23.7 Å². The molecule has 154 valence electrons. The van der Waals surface area contributed by atoms with Crippen LogP contribution in [0.1, 0.15) is 50.7 Å². The first-order chi connectivity index (χ1) is 14.4. The zero-order valence-corrected chi connectivity index (χ0v) is 18.5. The van der Waals surface area contributed by atoms with Gasteiger partial charge in [0.2, 0.25) is 0 Å². The van der Waals surface area contributed by atoms with Crippen LogP contribution in [0.15, 0.2) is 53.6 Å². The number of aryl methyl sites for hydroxylation is 1. The summed E-state index contributed by atoms with van der Waals surface area (Å²) >= 11 is 6.05. The zero-order valence-electron chi connectivity index (χ0n) is 17.7. The number of Topliss-reactive ketones (excluding diaryl/α,β-unsaturated/α-hetero) is 2. The van der Waals surface area contributed by atoms with E-state index in [0.29, 0.717) is 5.02 Å². The number of benzene rings is 2. The van der Waals surface area contributed by atoms with Crippen LogP contribution in [0.2, 0.25) is 5.02 Å². The van der Waals surface area contributed by atoms with Crippen molar-refractivity contribution in [3.05, 3.63) is 69.8 Å². The lowest BCUT2D eigenvalue weighted by atomic mass is 9.81. The first-order valence-electron chi connectivity index (χ1n) is 11.1. The Morgan fingerprint density at radius 1 is 0.900 bits per heavy atom. The normalized spacial score (nSPS) is 29.6. The molecule has 2 nitrogen and oxygen atoms in total. The number of carbonyl (C=O) groups excluding carboxylic acids is 2. The molecule has 0 aromatic heterocycles. The Balaban J connectivity index is 1.57. The minimum Gasteiger partial charge on any atom is -0.298 e. The van der Waals surface area contributed by atoms with Gasteiger partial charge < -0.3 is 0 Å². The van der Waals surface area contributed by atoms with Crippen LogP contribution in [-0.2, 0) is 16.0 Å². The smallest absolute Gasteiger partial charge is 0.152 e. The number of ketones is 2. The van der Waals surface area contributed by atoms with Gasteiger partial charge in [0.1, 0.15) is 5.92 Å². The molecule has 3 fully saturated rings. The molecule has 3 saturated carbocycles. The largest absolute Gasteiger partial charge is 0.298 e.